The van der Waals surface area contributed by atoms with Crippen LogP contribution in [-0.2, 0) is 16.0 Å². The van der Waals surface area contributed by atoms with Gasteiger partial charge in [0.05, 0.1) is 0 Å². The Balaban J connectivity index is 2.61. The summed E-state index contributed by atoms with van der Waals surface area (Å²) in [4.78, 5) is 22.9. The highest BCUT2D eigenvalue weighted by Gasteiger charge is 2.23. The van der Waals surface area contributed by atoms with Gasteiger partial charge >= 0.3 is 12.1 Å². The number of alkyl carbamates (subject to hydrolysis) is 1. The summed E-state index contributed by atoms with van der Waals surface area (Å²) in [5.74, 6) is -1.08. The molecule has 0 aromatic heterocycles. The third-order valence-corrected chi connectivity index (χ3v) is 3.42. The van der Waals surface area contributed by atoms with E-state index in [9.17, 15) is 14.7 Å². The van der Waals surface area contributed by atoms with Gasteiger partial charge in [-0.15, -0.1) is 0 Å². The van der Waals surface area contributed by atoms with E-state index in [0.717, 1.165) is 10.0 Å². The molecular formula is C15H20BrNO4. The molecule has 0 spiro atoms. The Hall–Kier alpha value is -1.56. The fourth-order valence-electron chi connectivity index (χ4n) is 1.71. The molecule has 0 aliphatic heterocycles. The summed E-state index contributed by atoms with van der Waals surface area (Å²) in [6, 6.07) is 6.60. The number of benzene rings is 1. The fraction of sp³-hybridized carbons (Fsp3) is 0.467. The molecule has 2 N–H and O–H groups in total. The van der Waals surface area contributed by atoms with Gasteiger partial charge in [0.2, 0.25) is 0 Å². The molecule has 0 aliphatic carbocycles. The van der Waals surface area contributed by atoms with E-state index < -0.39 is 23.7 Å². The number of carboxylic acids is 1. The third kappa shape index (κ3) is 6.62. The van der Waals surface area contributed by atoms with E-state index in [1.807, 2.05) is 24.3 Å². The lowest BCUT2D eigenvalue weighted by Crippen LogP contribution is -2.43. The maximum Gasteiger partial charge on any atom is 0.408 e. The molecule has 1 aromatic rings. The number of hydrogen-bond donors (Lipinski definition) is 2. The second kappa shape index (κ2) is 7.45. The molecule has 1 rings (SSSR count). The van der Waals surface area contributed by atoms with Crippen molar-refractivity contribution >= 4 is 28.0 Å². The standard InChI is InChI=1S/C15H20BrNO4/c1-15(2,3)21-14(20)17-12(13(18)19)9-8-10-6-4-5-7-11(10)16/h4-7,12H,8-9H2,1-3H3,(H,17,20)(H,18,19)/t12-/m0/s1. The Bertz CT molecular complexity index is 511. The highest BCUT2D eigenvalue weighted by Crippen LogP contribution is 2.18. The van der Waals surface area contributed by atoms with Crippen LogP contribution in [0.4, 0.5) is 4.79 Å². The number of aryl methyl sites for hydroxylation is 1. The molecule has 6 heteroatoms. The van der Waals surface area contributed by atoms with Crippen LogP contribution in [-0.4, -0.2) is 28.8 Å². The van der Waals surface area contributed by atoms with E-state index in [2.05, 4.69) is 21.2 Å². The minimum atomic E-state index is -1.08. The summed E-state index contributed by atoms with van der Waals surface area (Å²) in [7, 11) is 0. The number of halogens is 1. The third-order valence-electron chi connectivity index (χ3n) is 2.65. The Labute approximate surface area is 132 Å². The van der Waals surface area contributed by atoms with Gasteiger partial charge in [0.1, 0.15) is 11.6 Å². The summed E-state index contributed by atoms with van der Waals surface area (Å²) < 4.78 is 5.99. The molecule has 116 valence electrons. The maximum atomic E-state index is 11.6. The first-order valence-corrected chi connectivity index (χ1v) is 7.44. The minimum absolute atomic E-state index is 0.289. The average Bonchev–Trinajstić information content (AvgIpc) is 2.33. The molecule has 21 heavy (non-hydrogen) atoms. The number of carbonyl (C=O) groups is 2. The largest absolute Gasteiger partial charge is 0.480 e. The molecule has 0 fully saturated rings. The van der Waals surface area contributed by atoms with E-state index in [-0.39, 0.29) is 6.42 Å². The van der Waals surface area contributed by atoms with E-state index >= 15 is 0 Å². The predicted molar refractivity (Wildman–Crippen MR) is 83.3 cm³/mol. The number of ether oxygens (including phenoxy) is 1. The van der Waals surface area contributed by atoms with Crippen molar-refractivity contribution in [3.05, 3.63) is 34.3 Å². The van der Waals surface area contributed by atoms with Gasteiger partial charge in [0, 0.05) is 4.47 Å². The number of rotatable bonds is 5. The average molecular weight is 358 g/mol. The lowest BCUT2D eigenvalue weighted by Gasteiger charge is -2.22. The topological polar surface area (TPSA) is 75.6 Å². The van der Waals surface area contributed by atoms with Gasteiger partial charge in [-0.25, -0.2) is 9.59 Å². The Kier molecular flexibility index (Phi) is 6.20. The van der Waals surface area contributed by atoms with Gasteiger partial charge in [-0.2, -0.15) is 0 Å². The van der Waals surface area contributed by atoms with Crippen molar-refractivity contribution in [2.45, 2.75) is 45.3 Å². The van der Waals surface area contributed by atoms with Gasteiger partial charge in [0.15, 0.2) is 0 Å². The van der Waals surface area contributed by atoms with E-state index in [1.165, 1.54) is 0 Å². The molecule has 0 saturated carbocycles. The normalized spacial score (nSPS) is 12.6. The van der Waals surface area contributed by atoms with Gasteiger partial charge < -0.3 is 15.2 Å². The Morgan fingerprint density at radius 2 is 1.95 bits per heavy atom. The van der Waals surface area contributed by atoms with Gasteiger partial charge in [0.25, 0.3) is 0 Å². The van der Waals surface area contributed by atoms with Crippen molar-refractivity contribution < 1.29 is 19.4 Å². The van der Waals surface area contributed by atoms with Crippen molar-refractivity contribution in [1.82, 2.24) is 5.32 Å². The van der Waals surface area contributed by atoms with Crippen LogP contribution in [0.5, 0.6) is 0 Å². The van der Waals surface area contributed by atoms with Crippen LogP contribution in [0.15, 0.2) is 28.7 Å². The van der Waals surface area contributed by atoms with Crippen LogP contribution in [0.3, 0.4) is 0 Å². The SMILES string of the molecule is CC(C)(C)OC(=O)N[C@@H](CCc1ccccc1Br)C(=O)O. The lowest BCUT2D eigenvalue weighted by atomic mass is 10.1. The number of carbonyl (C=O) groups excluding carboxylic acids is 1. The first kappa shape index (κ1) is 17.5. The van der Waals surface area contributed by atoms with Crippen LogP contribution in [0.1, 0.15) is 32.8 Å². The van der Waals surface area contributed by atoms with Crippen molar-refractivity contribution in [1.29, 1.82) is 0 Å². The highest BCUT2D eigenvalue weighted by molar-refractivity contribution is 9.10. The summed E-state index contributed by atoms with van der Waals surface area (Å²) in [5.41, 5.74) is 0.338. The Morgan fingerprint density at radius 1 is 1.33 bits per heavy atom. The minimum Gasteiger partial charge on any atom is -0.480 e. The summed E-state index contributed by atoms with van der Waals surface area (Å²) >= 11 is 3.41. The van der Waals surface area contributed by atoms with Crippen LogP contribution >= 0.6 is 15.9 Å². The monoisotopic (exact) mass is 357 g/mol. The first-order valence-electron chi connectivity index (χ1n) is 6.65. The van der Waals surface area contributed by atoms with E-state index in [0.29, 0.717) is 6.42 Å². The van der Waals surface area contributed by atoms with Gasteiger partial charge in [-0.3, -0.25) is 0 Å². The van der Waals surface area contributed by atoms with Crippen molar-refractivity contribution in [2.24, 2.45) is 0 Å². The van der Waals surface area contributed by atoms with Crippen LogP contribution in [0, 0.1) is 0 Å². The Morgan fingerprint density at radius 3 is 2.48 bits per heavy atom. The maximum absolute atomic E-state index is 11.6. The molecule has 0 radical (unpaired) electrons. The molecule has 1 amide bonds. The molecule has 0 aliphatic rings. The number of amides is 1. The van der Waals surface area contributed by atoms with Crippen LogP contribution < -0.4 is 5.32 Å². The number of aliphatic carboxylic acids is 1. The molecule has 1 aromatic carbocycles. The summed E-state index contributed by atoms with van der Waals surface area (Å²) in [6.45, 7) is 5.18. The van der Waals surface area contributed by atoms with Crippen molar-refractivity contribution in [2.75, 3.05) is 0 Å². The zero-order chi connectivity index (χ0) is 16.0. The van der Waals surface area contributed by atoms with Crippen LogP contribution in [0.2, 0.25) is 0 Å². The second-order valence-corrected chi connectivity index (χ2v) is 6.52. The van der Waals surface area contributed by atoms with E-state index in [1.54, 1.807) is 20.8 Å². The molecular weight excluding hydrogens is 338 g/mol. The van der Waals surface area contributed by atoms with Crippen molar-refractivity contribution in [3.8, 4) is 0 Å². The zero-order valence-corrected chi connectivity index (χ0v) is 13.9. The highest BCUT2D eigenvalue weighted by atomic mass is 79.9. The zero-order valence-electron chi connectivity index (χ0n) is 12.4. The summed E-state index contributed by atoms with van der Waals surface area (Å²) in [6.07, 6.45) is 0.104. The molecule has 0 heterocycles. The quantitative estimate of drug-likeness (QED) is 0.846. The molecule has 0 saturated heterocycles. The first-order chi connectivity index (χ1) is 9.69. The van der Waals surface area contributed by atoms with Crippen molar-refractivity contribution in [3.63, 3.8) is 0 Å². The predicted octanol–water partition coefficient (Wildman–Crippen LogP) is 3.36. The number of hydrogen-bond acceptors (Lipinski definition) is 3. The molecule has 5 nitrogen and oxygen atoms in total. The fourth-order valence-corrected chi connectivity index (χ4v) is 2.19. The number of carboxylic acid groups (broad SMARTS) is 1. The van der Waals surface area contributed by atoms with E-state index in [4.69, 9.17) is 4.74 Å². The van der Waals surface area contributed by atoms with Crippen LogP contribution in [0.25, 0.3) is 0 Å². The lowest BCUT2D eigenvalue weighted by molar-refractivity contribution is -0.139. The summed E-state index contributed by atoms with van der Waals surface area (Å²) in [5, 5.41) is 11.6. The second-order valence-electron chi connectivity index (χ2n) is 5.67. The van der Waals surface area contributed by atoms with Gasteiger partial charge in [-0.05, 0) is 45.2 Å². The van der Waals surface area contributed by atoms with Gasteiger partial charge in [-0.1, -0.05) is 34.1 Å². The molecule has 1 atom stereocenters. The molecule has 0 bridgehead atoms. The molecule has 0 unspecified atom stereocenters. The number of nitrogens with one attached hydrogen (secondary N) is 1. The smallest absolute Gasteiger partial charge is 0.408 e.